The van der Waals surface area contributed by atoms with E-state index < -0.39 is 0 Å². The van der Waals surface area contributed by atoms with Gasteiger partial charge in [0.1, 0.15) is 6.33 Å². The normalized spacial score (nSPS) is 21.9. The number of carbonyl (C=O) groups is 1. The summed E-state index contributed by atoms with van der Waals surface area (Å²) in [5, 5.41) is 13.9. The van der Waals surface area contributed by atoms with E-state index in [2.05, 4.69) is 20.8 Å². The maximum absolute atomic E-state index is 12.2. The third kappa shape index (κ3) is 2.53. The summed E-state index contributed by atoms with van der Waals surface area (Å²) in [5.74, 6) is -0.101. The summed E-state index contributed by atoms with van der Waals surface area (Å²) in [6.45, 7) is 0. The van der Waals surface area contributed by atoms with Gasteiger partial charge in [-0.2, -0.15) is 0 Å². The molecule has 0 bridgehead atoms. The quantitative estimate of drug-likeness (QED) is 0.858. The Kier molecular flexibility index (Phi) is 3.42. The van der Waals surface area contributed by atoms with Crippen LogP contribution >= 0.6 is 0 Å². The zero-order valence-electron chi connectivity index (χ0n) is 10.9. The second-order valence-corrected chi connectivity index (χ2v) is 5.00. The molecular weight excluding hydrogens is 256 g/mol. The standard InChI is InChI=1S/C13H16N6O/c14-12-6-2-5-11(12)13(20)16-9-3-1-4-10(7-9)19-8-15-17-18-19/h1,3-4,7-8,11-12H,2,5-6,14H2,(H,16,20). The molecule has 1 aromatic carbocycles. The Morgan fingerprint density at radius 1 is 1.40 bits per heavy atom. The predicted octanol–water partition coefficient (Wildman–Crippen LogP) is 0.728. The Balaban J connectivity index is 1.74. The molecule has 0 saturated heterocycles. The van der Waals surface area contributed by atoms with Crippen LogP contribution in [0.25, 0.3) is 5.69 Å². The molecule has 1 aliphatic rings. The van der Waals surface area contributed by atoms with Gasteiger partial charge in [0.25, 0.3) is 0 Å². The first-order valence-corrected chi connectivity index (χ1v) is 6.64. The van der Waals surface area contributed by atoms with Gasteiger partial charge in [0.2, 0.25) is 5.91 Å². The number of amides is 1. The van der Waals surface area contributed by atoms with Gasteiger partial charge in [-0.25, -0.2) is 4.68 Å². The van der Waals surface area contributed by atoms with Crippen LogP contribution in [0.1, 0.15) is 19.3 Å². The first-order chi connectivity index (χ1) is 9.74. The number of rotatable bonds is 3. The van der Waals surface area contributed by atoms with E-state index in [0.29, 0.717) is 0 Å². The molecule has 20 heavy (non-hydrogen) atoms. The lowest BCUT2D eigenvalue weighted by Crippen LogP contribution is -2.34. The van der Waals surface area contributed by atoms with Gasteiger partial charge in [-0.1, -0.05) is 12.5 Å². The second-order valence-electron chi connectivity index (χ2n) is 5.00. The molecule has 2 aromatic rings. The van der Waals surface area contributed by atoms with Crippen molar-refractivity contribution >= 4 is 11.6 Å². The number of aromatic nitrogens is 4. The molecule has 1 aliphatic carbocycles. The molecule has 3 rings (SSSR count). The zero-order valence-corrected chi connectivity index (χ0v) is 10.9. The van der Waals surface area contributed by atoms with Crippen LogP contribution in [0, 0.1) is 5.92 Å². The molecule has 0 spiro atoms. The summed E-state index contributed by atoms with van der Waals surface area (Å²) in [5.41, 5.74) is 7.47. The Labute approximate surface area is 116 Å². The molecule has 2 atom stereocenters. The topological polar surface area (TPSA) is 98.7 Å². The number of carbonyl (C=O) groups excluding carboxylic acids is 1. The number of tetrazole rings is 1. The van der Waals surface area contributed by atoms with Gasteiger partial charge in [0.15, 0.2) is 0 Å². The number of anilines is 1. The highest BCUT2D eigenvalue weighted by atomic mass is 16.1. The van der Waals surface area contributed by atoms with Crippen LogP contribution in [0.3, 0.4) is 0 Å². The van der Waals surface area contributed by atoms with Crippen LogP contribution in [0.4, 0.5) is 5.69 Å². The van der Waals surface area contributed by atoms with Crippen molar-refractivity contribution in [2.75, 3.05) is 5.32 Å². The fourth-order valence-electron chi connectivity index (χ4n) is 2.55. The molecule has 7 nitrogen and oxygen atoms in total. The molecule has 1 amide bonds. The van der Waals surface area contributed by atoms with E-state index in [1.165, 1.54) is 11.0 Å². The summed E-state index contributed by atoms with van der Waals surface area (Å²) in [4.78, 5) is 12.2. The summed E-state index contributed by atoms with van der Waals surface area (Å²) in [7, 11) is 0. The molecule has 1 fully saturated rings. The molecule has 1 heterocycles. The Bertz CT molecular complexity index is 597. The van der Waals surface area contributed by atoms with E-state index in [-0.39, 0.29) is 17.9 Å². The number of nitrogens with one attached hydrogen (secondary N) is 1. The number of benzene rings is 1. The smallest absolute Gasteiger partial charge is 0.229 e. The van der Waals surface area contributed by atoms with Crippen molar-refractivity contribution in [2.24, 2.45) is 11.7 Å². The van der Waals surface area contributed by atoms with E-state index in [1.54, 1.807) is 0 Å². The van der Waals surface area contributed by atoms with Gasteiger partial charge in [0.05, 0.1) is 11.6 Å². The molecule has 1 saturated carbocycles. The highest BCUT2D eigenvalue weighted by molar-refractivity contribution is 5.93. The SMILES string of the molecule is NC1CCCC1C(=O)Nc1cccc(-n2cnnn2)c1. The fourth-order valence-corrected chi connectivity index (χ4v) is 2.55. The van der Waals surface area contributed by atoms with Crippen LogP contribution in [0.15, 0.2) is 30.6 Å². The zero-order chi connectivity index (χ0) is 13.9. The summed E-state index contributed by atoms with van der Waals surface area (Å²) in [6.07, 6.45) is 4.31. The lowest BCUT2D eigenvalue weighted by molar-refractivity contribution is -0.120. The van der Waals surface area contributed by atoms with E-state index in [1.807, 2.05) is 24.3 Å². The van der Waals surface area contributed by atoms with E-state index >= 15 is 0 Å². The fraction of sp³-hybridized carbons (Fsp3) is 0.385. The average molecular weight is 272 g/mol. The molecule has 2 unspecified atom stereocenters. The molecular formula is C13H16N6O. The van der Waals surface area contributed by atoms with Crippen LogP contribution in [0.5, 0.6) is 0 Å². The van der Waals surface area contributed by atoms with Crippen molar-refractivity contribution in [3.05, 3.63) is 30.6 Å². The summed E-state index contributed by atoms with van der Waals surface area (Å²) < 4.78 is 1.54. The maximum atomic E-state index is 12.2. The van der Waals surface area contributed by atoms with Gasteiger partial charge >= 0.3 is 0 Å². The van der Waals surface area contributed by atoms with Crippen molar-refractivity contribution in [1.82, 2.24) is 20.2 Å². The first-order valence-electron chi connectivity index (χ1n) is 6.64. The van der Waals surface area contributed by atoms with Gasteiger partial charge in [0, 0.05) is 11.7 Å². The van der Waals surface area contributed by atoms with Crippen LogP contribution < -0.4 is 11.1 Å². The number of hydrogen-bond donors (Lipinski definition) is 2. The Morgan fingerprint density at radius 3 is 3.00 bits per heavy atom. The highest BCUT2D eigenvalue weighted by Crippen LogP contribution is 2.25. The lowest BCUT2D eigenvalue weighted by atomic mass is 10.0. The van der Waals surface area contributed by atoms with Crippen molar-refractivity contribution in [1.29, 1.82) is 0 Å². The van der Waals surface area contributed by atoms with E-state index in [0.717, 1.165) is 30.6 Å². The first kappa shape index (κ1) is 12.7. The van der Waals surface area contributed by atoms with Crippen LogP contribution in [-0.4, -0.2) is 32.2 Å². The monoisotopic (exact) mass is 272 g/mol. The second kappa shape index (κ2) is 5.38. The minimum atomic E-state index is -0.0910. The molecule has 7 heteroatoms. The van der Waals surface area contributed by atoms with E-state index in [4.69, 9.17) is 5.73 Å². The molecule has 0 radical (unpaired) electrons. The van der Waals surface area contributed by atoms with Crippen molar-refractivity contribution in [2.45, 2.75) is 25.3 Å². The van der Waals surface area contributed by atoms with Gasteiger partial charge < -0.3 is 11.1 Å². The molecule has 104 valence electrons. The van der Waals surface area contributed by atoms with Crippen molar-refractivity contribution in [3.63, 3.8) is 0 Å². The molecule has 1 aromatic heterocycles. The van der Waals surface area contributed by atoms with E-state index in [9.17, 15) is 4.79 Å². The summed E-state index contributed by atoms with van der Waals surface area (Å²) in [6, 6.07) is 7.35. The number of nitrogens with zero attached hydrogens (tertiary/aromatic N) is 4. The predicted molar refractivity (Wildman–Crippen MR) is 73.1 cm³/mol. The van der Waals surface area contributed by atoms with Gasteiger partial charge in [-0.15, -0.1) is 5.10 Å². The third-order valence-corrected chi connectivity index (χ3v) is 3.63. The maximum Gasteiger partial charge on any atom is 0.229 e. The number of nitrogens with two attached hydrogens (primary N) is 1. The number of hydrogen-bond acceptors (Lipinski definition) is 5. The van der Waals surface area contributed by atoms with Crippen LogP contribution in [-0.2, 0) is 4.79 Å². The van der Waals surface area contributed by atoms with Crippen molar-refractivity contribution in [3.8, 4) is 5.69 Å². The largest absolute Gasteiger partial charge is 0.327 e. The minimum Gasteiger partial charge on any atom is -0.327 e. The minimum absolute atomic E-state index is 0.0103. The Hall–Kier alpha value is -2.28. The van der Waals surface area contributed by atoms with Gasteiger partial charge in [-0.05, 0) is 41.5 Å². The highest BCUT2D eigenvalue weighted by Gasteiger charge is 2.30. The van der Waals surface area contributed by atoms with Crippen molar-refractivity contribution < 1.29 is 4.79 Å². The average Bonchev–Trinajstić information content (AvgIpc) is 3.09. The Morgan fingerprint density at radius 2 is 2.30 bits per heavy atom. The third-order valence-electron chi connectivity index (χ3n) is 3.63. The molecule has 3 N–H and O–H groups in total. The lowest BCUT2D eigenvalue weighted by Gasteiger charge is -2.15. The molecule has 0 aliphatic heterocycles. The van der Waals surface area contributed by atoms with Crippen LogP contribution in [0.2, 0.25) is 0 Å². The van der Waals surface area contributed by atoms with Gasteiger partial charge in [-0.3, -0.25) is 4.79 Å². The summed E-state index contributed by atoms with van der Waals surface area (Å²) >= 11 is 0.